The Hall–Kier alpha value is -3.41. The highest BCUT2D eigenvalue weighted by Gasteiger charge is 2.22. The molecule has 0 aliphatic rings. The number of aryl methyl sites for hydroxylation is 1. The number of ketones is 1. The standard InChI is InChI=1S/C22H20FNO4/c1-13-5-7-14(8-6-13)17-10-9-16(23)20(24-17)21(25)15-11-18(26-2)22(28-4)19(12-15)27-3/h5-12H,1-4H3. The Bertz CT molecular complexity index is 991. The normalized spacial score (nSPS) is 10.5. The van der Waals surface area contributed by atoms with Gasteiger partial charge in [-0.1, -0.05) is 29.8 Å². The summed E-state index contributed by atoms with van der Waals surface area (Å²) in [6.07, 6.45) is 0. The topological polar surface area (TPSA) is 57.7 Å². The highest BCUT2D eigenvalue weighted by molar-refractivity contribution is 6.08. The first-order chi connectivity index (χ1) is 13.5. The molecule has 2 aromatic carbocycles. The van der Waals surface area contributed by atoms with Crippen LogP contribution in [0.1, 0.15) is 21.6 Å². The summed E-state index contributed by atoms with van der Waals surface area (Å²) < 4.78 is 30.2. The van der Waals surface area contributed by atoms with Crippen LogP contribution in [-0.2, 0) is 0 Å². The molecule has 0 unspecified atom stereocenters. The Kier molecular flexibility index (Phi) is 5.59. The van der Waals surface area contributed by atoms with Crippen LogP contribution >= 0.6 is 0 Å². The van der Waals surface area contributed by atoms with Crippen LogP contribution in [0.25, 0.3) is 11.3 Å². The molecule has 144 valence electrons. The lowest BCUT2D eigenvalue weighted by Crippen LogP contribution is -2.09. The summed E-state index contributed by atoms with van der Waals surface area (Å²) in [4.78, 5) is 17.3. The molecule has 0 saturated heterocycles. The molecule has 3 aromatic rings. The van der Waals surface area contributed by atoms with Crippen molar-refractivity contribution < 1.29 is 23.4 Å². The van der Waals surface area contributed by atoms with E-state index in [2.05, 4.69) is 4.98 Å². The molecule has 0 spiro atoms. The van der Waals surface area contributed by atoms with Gasteiger partial charge in [-0.2, -0.15) is 0 Å². The summed E-state index contributed by atoms with van der Waals surface area (Å²) in [5.74, 6) is -0.315. The lowest BCUT2D eigenvalue weighted by molar-refractivity contribution is 0.102. The molecule has 0 aliphatic carbocycles. The van der Waals surface area contributed by atoms with Crippen molar-refractivity contribution >= 4 is 5.78 Å². The van der Waals surface area contributed by atoms with Crippen LogP contribution in [0.3, 0.4) is 0 Å². The van der Waals surface area contributed by atoms with Gasteiger partial charge in [0.15, 0.2) is 17.3 Å². The average Bonchev–Trinajstić information content (AvgIpc) is 2.73. The first-order valence-corrected chi connectivity index (χ1v) is 8.56. The Balaban J connectivity index is 2.07. The van der Waals surface area contributed by atoms with E-state index in [0.29, 0.717) is 22.9 Å². The summed E-state index contributed by atoms with van der Waals surface area (Å²) in [5, 5.41) is 0. The van der Waals surface area contributed by atoms with Crippen LogP contribution in [0.15, 0.2) is 48.5 Å². The van der Waals surface area contributed by atoms with E-state index in [0.717, 1.165) is 11.1 Å². The highest BCUT2D eigenvalue weighted by atomic mass is 19.1. The minimum absolute atomic E-state index is 0.182. The van der Waals surface area contributed by atoms with E-state index in [-0.39, 0.29) is 11.3 Å². The second-order valence-electron chi connectivity index (χ2n) is 6.14. The van der Waals surface area contributed by atoms with Gasteiger partial charge in [-0.15, -0.1) is 0 Å². The van der Waals surface area contributed by atoms with E-state index in [1.165, 1.54) is 39.5 Å². The molecule has 5 nitrogen and oxygen atoms in total. The average molecular weight is 381 g/mol. The fourth-order valence-corrected chi connectivity index (χ4v) is 2.84. The van der Waals surface area contributed by atoms with Gasteiger partial charge in [0.05, 0.1) is 27.0 Å². The van der Waals surface area contributed by atoms with Crippen LogP contribution in [-0.4, -0.2) is 32.1 Å². The van der Waals surface area contributed by atoms with Gasteiger partial charge >= 0.3 is 0 Å². The molecule has 6 heteroatoms. The lowest BCUT2D eigenvalue weighted by Gasteiger charge is -2.14. The van der Waals surface area contributed by atoms with E-state index in [1.807, 2.05) is 31.2 Å². The van der Waals surface area contributed by atoms with Crippen molar-refractivity contribution in [3.63, 3.8) is 0 Å². The lowest BCUT2D eigenvalue weighted by atomic mass is 10.0. The van der Waals surface area contributed by atoms with Crippen molar-refractivity contribution in [3.05, 3.63) is 71.2 Å². The van der Waals surface area contributed by atoms with Gasteiger partial charge in [0.2, 0.25) is 11.5 Å². The zero-order chi connectivity index (χ0) is 20.3. The van der Waals surface area contributed by atoms with Crippen molar-refractivity contribution in [2.45, 2.75) is 6.92 Å². The number of methoxy groups -OCH3 is 3. The van der Waals surface area contributed by atoms with E-state index in [1.54, 1.807) is 6.07 Å². The molecular formula is C22H20FNO4. The van der Waals surface area contributed by atoms with E-state index >= 15 is 0 Å². The molecule has 0 radical (unpaired) electrons. The number of carbonyl (C=O) groups excluding carboxylic acids is 1. The molecule has 0 saturated carbocycles. The summed E-state index contributed by atoms with van der Waals surface area (Å²) in [7, 11) is 4.36. The van der Waals surface area contributed by atoms with Crippen molar-refractivity contribution in [2.75, 3.05) is 21.3 Å². The third-order valence-corrected chi connectivity index (χ3v) is 4.34. The number of hydrogen-bond acceptors (Lipinski definition) is 5. The minimum Gasteiger partial charge on any atom is -0.493 e. The number of benzene rings is 2. The molecule has 28 heavy (non-hydrogen) atoms. The molecule has 0 fully saturated rings. The number of aromatic nitrogens is 1. The van der Waals surface area contributed by atoms with Gasteiger partial charge in [-0.3, -0.25) is 4.79 Å². The van der Waals surface area contributed by atoms with E-state index in [4.69, 9.17) is 14.2 Å². The maximum Gasteiger partial charge on any atom is 0.214 e. The maximum absolute atomic E-state index is 14.4. The second kappa shape index (κ2) is 8.08. The monoisotopic (exact) mass is 381 g/mol. The molecule has 0 aliphatic heterocycles. The number of halogens is 1. The zero-order valence-corrected chi connectivity index (χ0v) is 16.1. The van der Waals surface area contributed by atoms with Crippen molar-refractivity contribution in [2.24, 2.45) is 0 Å². The first-order valence-electron chi connectivity index (χ1n) is 8.56. The summed E-state index contributed by atoms with van der Waals surface area (Å²) in [6, 6.07) is 13.4. The zero-order valence-electron chi connectivity index (χ0n) is 16.1. The molecule has 1 heterocycles. The third kappa shape index (κ3) is 3.67. The van der Waals surface area contributed by atoms with Gasteiger partial charge in [0, 0.05) is 11.1 Å². The highest BCUT2D eigenvalue weighted by Crippen LogP contribution is 2.38. The second-order valence-corrected chi connectivity index (χ2v) is 6.14. The summed E-state index contributed by atoms with van der Waals surface area (Å²) >= 11 is 0. The molecule has 0 amide bonds. The number of hydrogen-bond donors (Lipinski definition) is 0. The Morgan fingerprint density at radius 3 is 2.04 bits per heavy atom. The third-order valence-electron chi connectivity index (χ3n) is 4.34. The number of nitrogens with zero attached hydrogens (tertiary/aromatic N) is 1. The Labute approximate surface area is 162 Å². The van der Waals surface area contributed by atoms with Gasteiger partial charge in [-0.05, 0) is 31.2 Å². The smallest absolute Gasteiger partial charge is 0.214 e. The number of carbonyl (C=O) groups is 1. The van der Waals surface area contributed by atoms with E-state index in [9.17, 15) is 9.18 Å². The minimum atomic E-state index is -0.699. The Morgan fingerprint density at radius 1 is 0.893 bits per heavy atom. The van der Waals surface area contributed by atoms with Gasteiger partial charge in [0.25, 0.3) is 0 Å². The van der Waals surface area contributed by atoms with Crippen LogP contribution in [0.5, 0.6) is 17.2 Å². The van der Waals surface area contributed by atoms with E-state index < -0.39 is 11.6 Å². The first kappa shape index (κ1) is 19.4. The fourth-order valence-electron chi connectivity index (χ4n) is 2.84. The largest absolute Gasteiger partial charge is 0.493 e. The summed E-state index contributed by atoms with van der Waals surface area (Å²) in [6.45, 7) is 1.97. The van der Waals surface area contributed by atoms with Crippen LogP contribution < -0.4 is 14.2 Å². The Morgan fingerprint density at radius 2 is 1.50 bits per heavy atom. The predicted molar refractivity (Wildman–Crippen MR) is 104 cm³/mol. The number of rotatable bonds is 6. The molecule has 0 atom stereocenters. The van der Waals surface area contributed by atoms with Crippen LogP contribution in [0.2, 0.25) is 0 Å². The van der Waals surface area contributed by atoms with Crippen LogP contribution in [0, 0.1) is 12.7 Å². The van der Waals surface area contributed by atoms with Crippen LogP contribution in [0.4, 0.5) is 4.39 Å². The number of ether oxygens (including phenoxy) is 3. The van der Waals surface area contributed by atoms with Crippen molar-refractivity contribution in [1.29, 1.82) is 0 Å². The molecule has 0 N–H and O–H groups in total. The predicted octanol–water partition coefficient (Wildman–Crippen LogP) is 4.45. The van der Waals surface area contributed by atoms with Crippen molar-refractivity contribution in [3.8, 4) is 28.5 Å². The van der Waals surface area contributed by atoms with Crippen molar-refractivity contribution in [1.82, 2.24) is 4.98 Å². The maximum atomic E-state index is 14.4. The fraction of sp³-hybridized carbons (Fsp3) is 0.182. The van der Waals surface area contributed by atoms with Gasteiger partial charge < -0.3 is 14.2 Å². The molecule has 0 bridgehead atoms. The quantitative estimate of drug-likeness (QED) is 0.591. The van der Waals surface area contributed by atoms with Gasteiger partial charge in [0.1, 0.15) is 5.69 Å². The van der Waals surface area contributed by atoms with Gasteiger partial charge in [-0.25, -0.2) is 9.37 Å². The SMILES string of the molecule is COc1cc(C(=O)c2nc(-c3ccc(C)cc3)ccc2F)cc(OC)c1OC. The summed E-state index contributed by atoms with van der Waals surface area (Å²) in [5.41, 5.74) is 2.32. The number of pyridine rings is 1. The molecule has 1 aromatic heterocycles. The molecular weight excluding hydrogens is 361 g/mol. The molecule has 3 rings (SSSR count).